The summed E-state index contributed by atoms with van der Waals surface area (Å²) in [6, 6.07) is 17.7. The Labute approximate surface area is 184 Å². The summed E-state index contributed by atoms with van der Waals surface area (Å²) in [5.41, 5.74) is 0.431. The van der Waals surface area contributed by atoms with Gasteiger partial charge in [-0.25, -0.2) is 4.98 Å². The number of hydrogen-bond donors (Lipinski definition) is 2. The number of aliphatic hydroxyl groups is 1. The average Bonchev–Trinajstić information content (AvgIpc) is 2.78. The molecule has 0 saturated heterocycles. The Morgan fingerprint density at radius 1 is 1.13 bits per heavy atom. The lowest BCUT2D eigenvalue weighted by atomic mass is 10.2. The number of methoxy groups -OCH3 is 1. The molecule has 0 radical (unpaired) electrons. The molecule has 8 heteroatoms. The van der Waals surface area contributed by atoms with Crippen molar-refractivity contribution >= 4 is 29.3 Å². The molecule has 0 saturated carbocycles. The van der Waals surface area contributed by atoms with Gasteiger partial charge in [0.1, 0.15) is 29.2 Å². The lowest BCUT2D eigenvalue weighted by molar-refractivity contribution is 0.0841. The summed E-state index contributed by atoms with van der Waals surface area (Å²) >= 11 is 7.29. The minimum absolute atomic E-state index is 0.0476. The molecule has 1 atom stereocenters. The molecule has 0 spiro atoms. The maximum absolute atomic E-state index is 12.6. The molecule has 2 N–H and O–H groups in total. The van der Waals surface area contributed by atoms with Gasteiger partial charge in [-0.3, -0.25) is 4.79 Å². The van der Waals surface area contributed by atoms with E-state index in [-0.39, 0.29) is 19.1 Å². The number of benzene rings is 2. The van der Waals surface area contributed by atoms with Crippen LogP contribution < -0.4 is 14.8 Å². The predicted molar refractivity (Wildman–Crippen MR) is 117 cm³/mol. The van der Waals surface area contributed by atoms with Crippen LogP contribution in [0.1, 0.15) is 10.4 Å². The predicted octanol–water partition coefficient (Wildman–Crippen LogP) is 4.06. The molecule has 0 aliphatic heterocycles. The number of hydrogen-bond acceptors (Lipinski definition) is 6. The van der Waals surface area contributed by atoms with E-state index in [9.17, 15) is 9.90 Å². The molecule has 3 aromatic rings. The number of halogens is 1. The van der Waals surface area contributed by atoms with Crippen LogP contribution in [-0.4, -0.2) is 42.4 Å². The standard InChI is InChI=1S/C22H21ClN2O4S/c1-28-17-6-8-18(9-7-17)29-14-16(26)13-25-21(27)20-3-2-12-24-22(20)30-19-10-4-15(23)5-11-19/h2-12,16,26H,13-14H2,1H3,(H,25,27)/t16-/m1/s1. The maximum Gasteiger partial charge on any atom is 0.254 e. The lowest BCUT2D eigenvalue weighted by Crippen LogP contribution is -2.35. The number of carbonyl (C=O) groups excluding carboxylic acids is 1. The second-order valence-electron chi connectivity index (χ2n) is 6.26. The van der Waals surface area contributed by atoms with Crippen LogP contribution in [0.3, 0.4) is 0 Å². The molecule has 1 heterocycles. The summed E-state index contributed by atoms with van der Waals surface area (Å²) < 4.78 is 10.6. The first-order chi connectivity index (χ1) is 14.5. The first-order valence-electron chi connectivity index (χ1n) is 9.16. The smallest absolute Gasteiger partial charge is 0.254 e. The Bertz CT molecular complexity index is 968. The van der Waals surface area contributed by atoms with Gasteiger partial charge in [0, 0.05) is 22.7 Å². The van der Waals surface area contributed by atoms with Crippen molar-refractivity contribution in [1.29, 1.82) is 0 Å². The van der Waals surface area contributed by atoms with Gasteiger partial charge < -0.3 is 19.9 Å². The zero-order valence-corrected chi connectivity index (χ0v) is 17.8. The van der Waals surface area contributed by atoms with Gasteiger partial charge in [-0.15, -0.1) is 0 Å². The van der Waals surface area contributed by atoms with Crippen LogP contribution in [0.15, 0.2) is 76.8 Å². The molecule has 30 heavy (non-hydrogen) atoms. The van der Waals surface area contributed by atoms with E-state index in [0.29, 0.717) is 21.4 Å². The molecule has 1 aromatic heterocycles. The summed E-state index contributed by atoms with van der Waals surface area (Å²) in [7, 11) is 1.59. The van der Waals surface area contributed by atoms with E-state index in [1.165, 1.54) is 11.8 Å². The van der Waals surface area contributed by atoms with E-state index < -0.39 is 6.10 Å². The van der Waals surface area contributed by atoms with Crippen LogP contribution in [0.2, 0.25) is 5.02 Å². The molecular formula is C22H21ClN2O4S. The quantitative estimate of drug-likeness (QED) is 0.518. The number of aromatic nitrogens is 1. The van der Waals surface area contributed by atoms with Crippen molar-refractivity contribution in [3.8, 4) is 11.5 Å². The molecule has 2 aromatic carbocycles. The molecule has 0 fully saturated rings. The van der Waals surface area contributed by atoms with Gasteiger partial charge in [-0.05, 0) is 60.7 Å². The van der Waals surface area contributed by atoms with Crippen LogP contribution in [0.5, 0.6) is 11.5 Å². The monoisotopic (exact) mass is 444 g/mol. The van der Waals surface area contributed by atoms with Crippen molar-refractivity contribution in [2.45, 2.75) is 16.0 Å². The van der Waals surface area contributed by atoms with Gasteiger partial charge >= 0.3 is 0 Å². The van der Waals surface area contributed by atoms with Gasteiger partial charge in [-0.2, -0.15) is 0 Å². The first kappa shape index (κ1) is 22.0. The Morgan fingerprint density at radius 2 is 1.83 bits per heavy atom. The van der Waals surface area contributed by atoms with Crippen LogP contribution in [0.4, 0.5) is 0 Å². The SMILES string of the molecule is COc1ccc(OC[C@H](O)CNC(=O)c2cccnc2Sc2ccc(Cl)cc2)cc1. The molecular weight excluding hydrogens is 424 g/mol. The summed E-state index contributed by atoms with van der Waals surface area (Å²) in [4.78, 5) is 17.8. The van der Waals surface area contributed by atoms with E-state index in [4.69, 9.17) is 21.1 Å². The van der Waals surface area contributed by atoms with Gasteiger partial charge in [0.2, 0.25) is 0 Å². The van der Waals surface area contributed by atoms with Gasteiger partial charge in [-0.1, -0.05) is 23.4 Å². The summed E-state index contributed by atoms with van der Waals surface area (Å²) in [5.74, 6) is 1.01. The third kappa shape index (κ3) is 6.38. The summed E-state index contributed by atoms with van der Waals surface area (Å²) in [6.45, 7) is 0.0982. The van der Waals surface area contributed by atoms with Gasteiger partial charge in [0.25, 0.3) is 5.91 Å². The largest absolute Gasteiger partial charge is 0.497 e. The molecule has 0 unspecified atom stereocenters. The second kappa shape index (κ2) is 10.9. The van der Waals surface area contributed by atoms with E-state index in [2.05, 4.69) is 10.3 Å². The van der Waals surface area contributed by atoms with Crippen molar-refractivity contribution in [2.24, 2.45) is 0 Å². The fraction of sp³-hybridized carbons (Fsp3) is 0.182. The minimum atomic E-state index is -0.861. The number of pyridine rings is 1. The van der Waals surface area contributed by atoms with E-state index >= 15 is 0 Å². The molecule has 0 aliphatic rings. The van der Waals surface area contributed by atoms with Gasteiger partial charge in [0.15, 0.2) is 0 Å². The lowest BCUT2D eigenvalue weighted by Gasteiger charge is -2.14. The fourth-order valence-corrected chi connectivity index (χ4v) is 3.49. The van der Waals surface area contributed by atoms with E-state index in [0.717, 1.165) is 10.6 Å². The third-order valence-electron chi connectivity index (χ3n) is 4.04. The topological polar surface area (TPSA) is 80.7 Å². The van der Waals surface area contributed by atoms with Crippen LogP contribution in [0.25, 0.3) is 0 Å². The van der Waals surface area contributed by atoms with Gasteiger partial charge in [0.05, 0.1) is 12.7 Å². The Kier molecular flexibility index (Phi) is 7.96. The zero-order valence-electron chi connectivity index (χ0n) is 16.2. The van der Waals surface area contributed by atoms with Crippen molar-refractivity contribution in [3.63, 3.8) is 0 Å². The first-order valence-corrected chi connectivity index (χ1v) is 10.4. The van der Waals surface area contributed by atoms with Crippen LogP contribution >= 0.6 is 23.4 Å². The highest BCUT2D eigenvalue weighted by atomic mass is 35.5. The number of rotatable bonds is 9. The number of nitrogens with zero attached hydrogens (tertiary/aromatic N) is 1. The number of aliphatic hydroxyl groups excluding tert-OH is 1. The number of amides is 1. The maximum atomic E-state index is 12.6. The van der Waals surface area contributed by atoms with Crippen molar-refractivity contribution < 1.29 is 19.4 Å². The second-order valence-corrected chi connectivity index (χ2v) is 7.76. The average molecular weight is 445 g/mol. The minimum Gasteiger partial charge on any atom is -0.497 e. The summed E-state index contributed by atoms with van der Waals surface area (Å²) in [6.07, 6.45) is 0.770. The third-order valence-corrected chi connectivity index (χ3v) is 5.32. The zero-order chi connectivity index (χ0) is 21.3. The molecule has 156 valence electrons. The van der Waals surface area contributed by atoms with Crippen molar-refractivity contribution in [1.82, 2.24) is 10.3 Å². The molecule has 1 amide bonds. The normalized spacial score (nSPS) is 11.6. The highest BCUT2D eigenvalue weighted by molar-refractivity contribution is 7.99. The highest BCUT2D eigenvalue weighted by Gasteiger charge is 2.15. The Balaban J connectivity index is 1.53. The van der Waals surface area contributed by atoms with Crippen LogP contribution in [0, 0.1) is 0 Å². The highest BCUT2D eigenvalue weighted by Crippen LogP contribution is 2.29. The van der Waals surface area contributed by atoms with Crippen molar-refractivity contribution in [2.75, 3.05) is 20.3 Å². The van der Waals surface area contributed by atoms with E-state index in [1.807, 2.05) is 12.1 Å². The molecule has 0 bridgehead atoms. The number of nitrogens with one attached hydrogen (secondary N) is 1. The summed E-state index contributed by atoms with van der Waals surface area (Å²) in [5, 5.41) is 14.1. The molecule has 6 nitrogen and oxygen atoms in total. The Morgan fingerprint density at radius 3 is 2.53 bits per heavy atom. The number of ether oxygens (including phenoxy) is 2. The molecule has 3 rings (SSSR count). The Hall–Kier alpha value is -2.74. The van der Waals surface area contributed by atoms with E-state index in [1.54, 1.807) is 61.8 Å². The number of carbonyl (C=O) groups is 1. The van der Waals surface area contributed by atoms with Crippen molar-refractivity contribution in [3.05, 3.63) is 77.4 Å². The van der Waals surface area contributed by atoms with Crippen LogP contribution in [-0.2, 0) is 0 Å². The fourth-order valence-electron chi connectivity index (χ4n) is 2.49. The molecule has 0 aliphatic carbocycles.